The van der Waals surface area contributed by atoms with Crippen molar-refractivity contribution in [1.82, 2.24) is 4.90 Å². The molecule has 0 radical (unpaired) electrons. The molecule has 2 fully saturated rings. The lowest BCUT2D eigenvalue weighted by atomic mass is 9.77. The second-order valence-corrected chi connectivity index (χ2v) is 8.18. The van der Waals surface area contributed by atoms with Crippen LogP contribution in [0.25, 0.3) is 0 Å². The number of hydrogen-bond donors (Lipinski definition) is 1. The summed E-state index contributed by atoms with van der Waals surface area (Å²) < 4.78 is 11.3. The molecule has 154 valence electrons. The fourth-order valence-electron chi connectivity index (χ4n) is 4.38. The van der Waals surface area contributed by atoms with Crippen LogP contribution in [0, 0.1) is 0 Å². The van der Waals surface area contributed by atoms with E-state index in [0.29, 0.717) is 26.1 Å². The Morgan fingerprint density at radius 2 is 1.83 bits per heavy atom. The van der Waals surface area contributed by atoms with Crippen molar-refractivity contribution in [2.75, 3.05) is 32.2 Å². The van der Waals surface area contributed by atoms with Crippen LogP contribution in [0.15, 0.2) is 54.6 Å². The topological polar surface area (TPSA) is 62.2 Å². The van der Waals surface area contributed by atoms with Gasteiger partial charge in [-0.25, -0.2) is 4.79 Å². The van der Waals surface area contributed by atoms with Gasteiger partial charge in [-0.2, -0.15) is 0 Å². The van der Waals surface area contributed by atoms with E-state index in [4.69, 9.17) is 9.47 Å². The fraction of sp³-hybridized carbons (Fsp3) is 0.435. The van der Waals surface area contributed by atoms with Crippen molar-refractivity contribution in [3.05, 3.63) is 65.7 Å². The van der Waals surface area contributed by atoms with Crippen molar-refractivity contribution >= 4 is 11.8 Å². The number of aliphatic hydroxyl groups is 1. The zero-order chi connectivity index (χ0) is 20.4. The summed E-state index contributed by atoms with van der Waals surface area (Å²) in [6.07, 6.45) is 0.526. The maximum absolute atomic E-state index is 12.8. The minimum Gasteiger partial charge on any atom is -0.445 e. The smallest absolute Gasteiger partial charge is 0.410 e. The van der Waals surface area contributed by atoms with E-state index in [2.05, 4.69) is 0 Å². The summed E-state index contributed by atoms with van der Waals surface area (Å²) in [5, 5.41) is 11.5. The number of piperidine rings is 1. The molecule has 2 bridgehead atoms. The number of fused-ring (bicyclic) bond motifs is 2. The molecule has 2 aliphatic rings. The van der Waals surface area contributed by atoms with Gasteiger partial charge in [-0.05, 0) is 23.3 Å². The summed E-state index contributed by atoms with van der Waals surface area (Å²) in [6.45, 7) is 1.06. The van der Waals surface area contributed by atoms with Gasteiger partial charge in [0.05, 0.1) is 30.9 Å². The van der Waals surface area contributed by atoms with Crippen molar-refractivity contribution in [2.45, 2.75) is 37.1 Å². The number of hydrogen-bond acceptors (Lipinski definition) is 5. The largest absolute Gasteiger partial charge is 0.445 e. The molecule has 6 nitrogen and oxygen atoms in total. The first-order chi connectivity index (χ1) is 14.0. The number of carbonyl (C=O) groups excluding carboxylic acids is 1. The van der Waals surface area contributed by atoms with Gasteiger partial charge >= 0.3 is 6.09 Å². The summed E-state index contributed by atoms with van der Waals surface area (Å²) in [4.78, 5) is 16.6. The van der Waals surface area contributed by atoms with Crippen LogP contribution in [0.3, 0.4) is 0 Å². The lowest BCUT2D eigenvalue weighted by Gasteiger charge is -2.51. The van der Waals surface area contributed by atoms with Crippen LogP contribution in [0.4, 0.5) is 10.5 Å². The second-order valence-electron chi connectivity index (χ2n) is 8.18. The van der Waals surface area contributed by atoms with Crippen LogP contribution < -0.4 is 4.90 Å². The molecule has 2 aromatic carbocycles. The summed E-state index contributed by atoms with van der Waals surface area (Å²) in [6, 6.07) is 17.2. The molecule has 29 heavy (non-hydrogen) atoms. The lowest BCUT2D eigenvalue weighted by molar-refractivity contribution is -0.136. The number of amides is 1. The first kappa shape index (κ1) is 19.7. The molecule has 4 rings (SSSR count). The molecular formula is C23H28N2O4. The van der Waals surface area contributed by atoms with Crippen LogP contribution in [-0.2, 0) is 21.7 Å². The Balaban J connectivity index is 1.50. The van der Waals surface area contributed by atoms with Crippen molar-refractivity contribution in [2.24, 2.45) is 0 Å². The maximum Gasteiger partial charge on any atom is 0.410 e. The molecule has 2 atom stereocenters. The molecule has 0 saturated carbocycles. The Morgan fingerprint density at radius 3 is 2.48 bits per heavy atom. The van der Waals surface area contributed by atoms with E-state index in [-0.39, 0.29) is 24.8 Å². The van der Waals surface area contributed by atoms with Crippen LogP contribution in [0.1, 0.15) is 24.0 Å². The molecule has 1 N–H and O–H groups in total. The van der Waals surface area contributed by atoms with Gasteiger partial charge in [-0.1, -0.05) is 42.5 Å². The van der Waals surface area contributed by atoms with E-state index >= 15 is 0 Å². The molecule has 6 heteroatoms. The number of anilines is 1. The Morgan fingerprint density at radius 1 is 1.14 bits per heavy atom. The zero-order valence-electron chi connectivity index (χ0n) is 17.0. The predicted molar refractivity (Wildman–Crippen MR) is 111 cm³/mol. The number of morpholine rings is 1. The highest BCUT2D eigenvalue weighted by atomic mass is 16.6. The monoisotopic (exact) mass is 396 g/mol. The number of carbonyl (C=O) groups is 1. The molecule has 2 saturated heterocycles. The third-order valence-corrected chi connectivity index (χ3v) is 5.87. The Bertz CT molecular complexity index is 841. The fourth-order valence-corrected chi connectivity index (χ4v) is 4.38. The van der Waals surface area contributed by atoms with E-state index in [1.807, 2.05) is 73.6 Å². The first-order valence-electron chi connectivity index (χ1n) is 10.0. The molecule has 2 unspecified atom stereocenters. The number of benzene rings is 2. The van der Waals surface area contributed by atoms with E-state index < -0.39 is 5.60 Å². The summed E-state index contributed by atoms with van der Waals surface area (Å²) in [7, 11) is 3.97. The van der Waals surface area contributed by atoms with Gasteiger partial charge in [0.25, 0.3) is 0 Å². The third-order valence-electron chi connectivity index (χ3n) is 5.87. The third kappa shape index (κ3) is 4.09. The first-order valence-corrected chi connectivity index (χ1v) is 10.0. The SMILES string of the molecule is CN(C)c1cccc(C2(O)CC3COCC(C2)N3C(=O)OCc2ccccc2)c1. The highest BCUT2D eigenvalue weighted by molar-refractivity contribution is 5.69. The molecule has 0 spiro atoms. The predicted octanol–water partition coefficient (Wildman–Crippen LogP) is 3.14. The van der Waals surface area contributed by atoms with Gasteiger partial charge in [0.2, 0.25) is 0 Å². The Labute approximate surface area is 171 Å². The van der Waals surface area contributed by atoms with Gasteiger partial charge in [-0.15, -0.1) is 0 Å². The quantitative estimate of drug-likeness (QED) is 0.860. The average molecular weight is 396 g/mol. The summed E-state index contributed by atoms with van der Waals surface area (Å²) in [5.41, 5.74) is 1.90. The van der Waals surface area contributed by atoms with Crippen LogP contribution in [-0.4, -0.2) is 55.5 Å². The molecule has 1 amide bonds. The zero-order valence-corrected chi connectivity index (χ0v) is 17.0. The van der Waals surface area contributed by atoms with Crippen LogP contribution in [0.5, 0.6) is 0 Å². The minimum absolute atomic E-state index is 0.209. The molecule has 2 heterocycles. The molecule has 2 aliphatic heterocycles. The van der Waals surface area contributed by atoms with E-state index in [1.165, 1.54) is 0 Å². The maximum atomic E-state index is 12.8. The molecule has 0 aromatic heterocycles. The number of ether oxygens (including phenoxy) is 2. The summed E-state index contributed by atoms with van der Waals surface area (Å²) in [5.74, 6) is 0. The van der Waals surface area contributed by atoms with Crippen molar-refractivity contribution in [3.8, 4) is 0 Å². The Hall–Kier alpha value is -2.57. The minimum atomic E-state index is -0.985. The summed E-state index contributed by atoms with van der Waals surface area (Å²) >= 11 is 0. The van der Waals surface area contributed by atoms with Crippen molar-refractivity contribution < 1.29 is 19.4 Å². The van der Waals surface area contributed by atoms with E-state index in [1.54, 1.807) is 4.90 Å². The Kier molecular flexibility index (Phi) is 5.48. The molecular weight excluding hydrogens is 368 g/mol. The standard InChI is InChI=1S/C23H28N2O4/c1-24(2)19-10-6-9-18(11-19)23(27)12-20-15-28-16-21(13-23)25(20)22(26)29-14-17-7-4-3-5-8-17/h3-11,20-21,27H,12-16H2,1-2H3. The number of rotatable bonds is 4. The normalized spacial score (nSPS) is 26.1. The van der Waals surface area contributed by atoms with Crippen LogP contribution in [0.2, 0.25) is 0 Å². The molecule has 0 aliphatic carbocycles. The van der Waals surface area contributed by atoms with Gasteiger partial charge in [0.1, 0.15) is 6.61 Å². The number of nitrogens with zero attached hydrogens (tertiary/aromatic N) is 2. The van der Waals surface area contributed by atoms with Gasteiger partial charge in [0.15, 0.2) is 0 Å². The van der Waals surface area contributed by atoms with Crippen LogP contribution >= 0.6 is 0 Å². The van der Waals surface area contributed by atoms with E-state index in [9.17, 15) is 9.90 Å². The highest BCUT2D eigenvalue weighted by Crippen LogP contribution is 2.42. The van der Waals surface area contributed by atoms with Gasteiger partial charge in [0, 0.05) is 32.6 Å². The van der Waals surface area contributed by atoms with E-state index in [0.717, 1.165) is 16.8 Å². The highest BCUT2D eigenvalue weighted by Gasteiger charge is 2.49. The molecule has 2 aromatic rings. The van der Waals surface area contributed by atoms with Gasteiger partial charge in [-0.3, -0.25) is 4.90 Å². The van der Waals surface area contributed by atoms with Crippen molar-refractivity contribution in [1.29, 1.82) is 0 Å². The average Bonchev–Trinajstić information content (AvgIpc) is 2.72. The van der Waals surface area contributed by atoms with Crippen molar-refractivity contribution in [3.63, 3.8) is 0 Å². The lowest BCUT2D eigenvalue weighted by Crippen LogP contribution is -2.62. The second kappa shape index (κ2) is 8.05. The van der Waals surface area contributed by atoms with Gasteiger partial charge < -0.3 is 19.5 Å².